The third-order valence-corrected chi connectivity index (χ3v) is 20.0. The van der Waals surface area contributed by atoms with Gasteiger partial charge in [-0.05, 0) is 168 Å². The fourth-order valence-electron chi connectivity index (χ4n) is 10.6. The maximum atomic E-state index is 5.28. The van der Waals surface area contributed by atoms with E-state index in [-0.39, 0.29) is 0 Å². The number of nitrogens with one attached hydrogen (secondary N) is 4. The number of hydrogen-bond donors (Lipinski definition) is 4. The minimum absolute atomic E-state index is 0.464. The largest absolute Gasteiger partial charge is 0.354 e. The van der Waals surface area contributed by atoms with Crippen molar-refractivity contribution in [2.75, 3.05) is 21.3 Å². The van der Waals surface area contributed by atoms with Gasteiger partial charge in [-0.3, -0.25) is 0 Å². The van der Waals surface area contributed by atoms with Crippen LogP contribution in [0.3, 0.4) is 0 Å². The van der Waals surface area contributed by atoms with E-state index in [0.717, 1.165) is 41.3 Å². The number of pyridine rings is 1. The Balaban J connectivity index is 0.926. The van der Waals surface area contributed by atoms with Gasteiger partial charge in [0.2, 0.25) is 5.95 Å². The number of anilines is 8. The fraction of sp³-hybridized carbons (Fsp3) is 0.338. The Morgan fingerprint density at radius 1 is 0.366 bits per heavy atom. The zero-order chi connectivity index (χ0) is 56.3. The summed E-state index contributed by atoms with van der Waals surface area (Å²) < 4.78 is 0. The molecule has 0 amide bonds. The average Bonchev–Trinajstić information content (AvgIpc) is 3.49. The number of thiophene rings is 4. The Labute approximate surface area is 504 Å². The Bertz CT molecular complexity index is 3300. The summed E-state index contributed by atoms with van der Waals surface area (Å²) in [6.45, 7) is 9.15. The predicted octanol–water partition coefficient (Wildman–Crippen LogP) is 23.4. The molecule has 10 rings (SSSR count). The summed E-state index contributed by atoms with van der Waals surface area (Å²) in [6.07, 6.45) is 25.0. The highest BCUT2D eigenvalue weighted by molar-refractivity contribution is 7.24. The molecule has 0 bridgehead atoms. The van der Waals surface area contributed by atoms with E-state index in [4.69, 9.17) is 15.0 Å². The molecule has 6 aromatic heterocycles. The summed E-state index contributed by atoms with van der Waals surface area (Å²) in [5, 5.41) is 19.4. The molecule has 10 aromatic rings. The maximum absolute atomic E-state index is 5.28. The lowest BCUT2D eigenvalue weighted by Gasteiger charge is -2.17. The molecular formula is C71H81N7S4. The molecule has 0 aliphatic rings. The van der Waals surface area contributed by atoms with Crippen molar-refractivity contribution in [1.29, 1.82) is 0 Å². The molecule has 11 heteroatoms. The van der Waals surface area contributed by atoms with Crippen LogP contribution in [-0.4, -0.2) is 15.0 Å². The second-order valence-corrected chi connectivity index (χ2v) is 25.8. The second-order valence-electron chi connectivity index (χ2n) is 21.8. The molecule has 0 fully saturated rings. The minimum atomic E-state index is 0.464. The van der Waals surface area contributed by atoms with Crippen LogP contribution in [-0.2, 0) is 25.7 Å². The molecule has 0 spiro atoms. The first kappa shape index (κ1) is 58.6. The van der Waals surface area contributed by atoms with Crippen LogP contribution in [0, 0.1) is 0 Å². The highest BCUT2D eigenvalue weighted by atomic mass is 32.1. The van der Waals surface area contributed by atoms with E-state index in [1.807, 2.05) is 93.9 Å². The zero-order valence-corrected chi connectivity index (χ0v) is 51.8. The normalized spacial score (nSPS) is 11.4. The van der Waals surface area contributed by atoms with Gasteiger partial charge in [0.1, 0.15) is 16.9 Å². The van der Waals surface area contributed by atoms with Crippen LogP contribution in [0.1, 0.15) is 153 Å². The van der Waals surface area contributed by atoms with Gasteiger partial charge in [0.15, 0.2) is 5.82 Å². The SMILES string of the molecule is CCCCCCc1csc(-c2sc(-c3ccc(Nc4cc(Nc5ccccc5)c5nc(Nc6ccc(-c7cc(CCCCCC)c(-c8cc(CCCCCC)cs8)s7)cc6)nc(Nc6ccccc6)c5n4)cc3)cc2CCCCCC)c1. The van der Waals surface area contributed by atoms with E-state index in [1.165, 1.54) is 178 Å². The Morgan fingerprint density at radius 3 is 1.30 bits per heavy atom. The number of nitrogens with zero attached hydrogens (tertiary/aromatic N) is 3. The molecule has 4 aromatic carbocycles. The van der Waals surface area contributed by atoms with E-state index in [0.29, 0.717) is 28.6 Å². The maximum Gasteiger partial charge on any atom is 0.229 e. The number of aromatic nitrogens is 3. The number of unbranched alkanes of at least 4 members (excludes halogenated alkanes) is 12. The first-order valence-corrected chi connectivity index (χ1v) is 33.9. The summed E-state index contributed by atoms with van der Waals surface area (Å²) in [6, 6.07) is 49.9. The summed E-state index contributed by atoms with van der Waals surface area (Å²) in [7, 11) is 0. The lowest BCUT2D eigenvalue weighted by atomic mass is 10.0. The van der Waals surface area contributed by atoms with Crippen molar-refractivity contribution >= 4 is 102 Å². The molecule has 0 saturated heterocycles. The molecule has 82 heavy (non-hydrogen) atoms. The van der Waals surface area contributed by atoms with Crippen LogP contribution in [0.2, 0.25) is 0 Å². The van der Waals surface area contributed by atoms with E-state index in [9.17, 15) is 0 Å². The lowest BCUT2D eigenvalue weighted by Crippen LogP contribution is -2.06. The van der Waals surface area contributed by atoms with Crippen LogP contribution in [0.15, 0.2) is 150 Å². The molecule has 0 saturated carbocycles. The van der Waals surface area contributed by atoms with E-state index in [1.54, 1.807) is 0 Å². The van der Waals surface area contributed by atoms with Crippen LogP contribution >= 0.6 is 45.3 Å². The van der Waals surface area contributed by atoms with Crippen molar-refractivity contribution in [3.8, 4) is 40.4 Å². The van der Waals surface area contributed by atoms with Gasteiger partial charge in [0.25, 0.3) is 0 Å². The number of rotatable bonds is 32. The summed E-state index contributed by atoms with van der Waals surface area (Å²) >= 11 is 7.71. The fourth-order valence-corrected chi connectivity index (χ4v) is 15.3. The van der Waals surface area contributed by atoms with E-state index < -0.39 is 0 Å². The summed E-state index contributed by atoms with van der Waals surface area (Å²) in [5.41, 5.74) is 14.2. The first-order chi connectivity index (χ1) is 40.4. The van der Waals surface area contributed by atoms with Crippen molar-refractivity contribution in [3.05, 3.63) is 173 Å². The number of hydrogen-bond acceptors (Lipinski definition) is 11. The van der Waals surface area contributed by atoms with E-state index >= 15 is 0 Å². The molecule has 0 aliphatic heterocycles. The van der Waals surface area contributed by atoms with Gasteiger partial charge in [0.05, 0.1) is 5.69 Å². The quantitative estimate of drug-likeness (QED) is 0.0313. The second kappa shape index (κ2) is 30.1. The van der Waals surface area contributed by atoms with Crippen LogP contribution in [0.5, 0.6) is 0 Å². The Morgan fingerprint density at radius 2 is 0.817 bits per heavy atom. The number of benzene rings is 4. The lowest BCUT2D eigenvalue weighted by molar-refractivity contribution is 0.667. The molecule has 0 unspecified atom stereocenters. The van der Waals surface area contributed by atoms with Crippen molar-refractivity contribution in [3.63, 3.8) is 0 Å². The van der Waals surface area contributed by atoms with Crippen LogP contribution in [0.4, 0.5) is 46.0 Å². The van der Waals surface area contributed by atoms with Crippen molar-refractivity contribution in [1.82, 2.24) is 15.0 Å². The molecular weight excluding hydrogens is 1080 g/mol. The smallest absolute Gasteiger partial charge is 0.229 e. The zero-order valence-electron chi connectivity index (χ0n) is 48.6. The third-order valence-electron chi connectivity index (χ3n) is 15.2. The van der Waals surface area contributed by atoms with Gasteiger partial charge >= 0.3 is 0 Å². The first-order valence-electron chi connectivity index (χ1n) is 30.5. The number of fused-ring (bicyclic) bond motifs is 1. The summed E-state index contributed by atoms with van der Waals surface area (Å²) in [5.74, 6) is 1.73. The van der Waals surface area contributed by atoms with Gasteiger partial charge in [-0.25, -0.2) is 9.97 Å². The van der Waals surface area contributed by atoms with Crippen LogP contribution < -0.4 is 21.3 Å². The molecule has 424 valence electrons. The van der Waals surface area contributed by atoms with Crippen molar-refractivity contribution in [2.45, 2.75) is 156 Å². The number of aryl methyl sites for hydroxylation is 4. The molecule has 7 nitrogen and oxygen atoms in total. The highest BCUT2D eigenvalue weighted by Gasteiger charge is 2.20. The number of para-hydroxylation sites is 2. The van der Waals surface area contributed by atoms with Crippen molar-refractivity contribution in [2.24, 2.45) is 0 Å². The monoisotopic (exact) mass is 1160 g/mol. The molecule has 0 radical (unpaired) electrons. The summed E-state index contributed by atoms with van der Waals surface area (Å²) in [4.78, 5) is 24.0. The van der Waals surface area contributed by atoms with Gasteiger partial charge < -0.3 is 21.3 Å². The third kappa shape index (κ3) is 15.9. The molecule has 6 heterocycles. The Kier molecular flexibility index (Phi) is 21.5. The topological polar surface area (TPSA) is 86.8 Å². The minimum Gasteiger partial charge on any atom is -0.354 e. The van der Waals surface area contributed by atoms with Crippen molar-refractivity contribution < 1.29 is 0 Å². The average molecular weight is 1160 g/mol. The predicted molar refractivity (Wildman–Crippen MR) is 361 cm³/mol. The highest BCUT2D eigenvalue weighted by Crippen LogP contribution is 2.44. The molecule has 0 atom stereocenters. The molecule has 4 N–H and O–H groups in total. The van der Waals surface area contributed by atoms with Gasteiger partial charge in [-0.2, -0.15) is 4.98 Å². The molecule has 0 aliphatic carbocycles. The standard InChI is InChI=1S/C71H81N7S4/c1-5-9-13-19-27-50-43-63(79-48-50)68-54(29-21-15-11-7-3)45-61(81-68)52-35-39-58(40-36-52)73-65-47-60(72-56-31-23-17-24-32-56)66-67(76-65)70(74-57-33-25-18-26-34-57)78-71(77-66)75-59-41-37-53(38-42-59)62-46-55(30-22-16-12-8-4)69(82-62)64-44-51(49-80-64)28-20-14-10-6-2/h17-18,23-26,31-49H,5-16,19-22,27-30H2,1-4H3,(H2,72,73,76)(H2,74,75,77,78). The van der Waals surface area contributed by atoms with Gasteiger partial charge in [0, 0.05) is 58.1 Å². The van der Waals surface area contributed by atoms with Crippen LogP contribution in [0.25, 0.3) is 51.4 Å². The Hall–Kier alpha value is -6.63. The van der Waals surface area contributed by atoms with E-state index in [2.05, 4.69) is 151 Å². The van der Waals surface area contributed by atoms with Gasteiger partial charge in [-0.1, -0.05) is 165 Å². The van der Waals surface area contributed by atoms with Gasteiger partial charge in [-0.15, -0.1) is 45.3 Å².